The van der Waals surface area contributed by atoms with Crippen LogP contribution in [0, 0.1) is 0 Å². The van der Waals surface area contributed by atoms with Crippen LogP contribution in [0.15, 0.2) is 0 Å². The molecule has 10 heteroatoms. The Labute approximate surface area is 103 Å². The zero-order valence-corrected chi connectivity index (χ0v) is 9.49. The molecule has 1 fully saturated rings. The molecule has 6 N–H and O–H groups in total. The van der Waals surface area contributed by atoms with Gasteiger partial charge in [0.1, 0.15) is 24.4 Å². The molecule has 0 saturated carbocycles. The summed E-state index contributed by atoms with van der Waals surface area (Å²) in [7, 11) is -1.37. The maximum Gasteiger partial charge on any atom is 0.489 e. The van der Waals surface area contributed by atoms with Gasteiger partial charge in [-0.2, -0.15) is 0 Å². The van der Waals surface area contributed by atoms with Crippen LogP contribution in [0.3, 0.4) is 0 Å². The van der Waals surface area contributed by atoms with Crippen molar-refractivity contribution in [3.05, 3.63) is 0 Å². The molecule has 0 spiro atoms. The largest absolute Gasteiger partial charge is 0.489 e. The summed E-state index contributed by atoms with van der Waals surface area (Å²) in [4.78, 5) is 3.59. The zero-order valence-electron chi connectivity index (χ0n) is 9.49. The van der Waals surface area contributed by atoms with Crippen LogP contribution >= 0.6 is 0 Å². The van der Waals surface area contributed by atoms with Crippen LogP contribution in [0.4, 0.5) is 0 Å². The maximum absolute atomic E-state index is 9.54. The molecule has 9 nitrogen and oxygen atoms in total. The summed E-state index contributed by atoms with van der Waals surface area (Å²) in [5.74, 6) is 0. The number of ether oxygens (including phenoxy) is 2. The quantitative estimate of drug-likeness (QED) is 0.126. The lowest BCUT2D eigenvalue weighted by molar-refractivity contribution is -0.288. The Hall–Kier alpha value is -0.295. The molecule has 18 heavy (non-hydrogen) atoms. The van der Waals surface area contributed by atoms with Gasteiger partial charge >= 0.3 is 7.12 Å². The van der Waals surface area contributed by atoms with Crippen molar-refractivity contribution in [2.75, 3.05) is 13.2 Å². The summed E-state index contributed by atoms with van der Waals surface area (Å²) in [5, 5.41) is 54.2. The molecule has 106 valence electrons. The number of hydrogen-bond donors (Lipinski definition) is 6. The number of hydrogen-bond acceptors (Lipinski definition) is 9. The minimum Gasteiger partial charge on any atom is -0.425 e. The van der Waals surface area contributed by atoms with Gasteiger partial charge in [-0.05, 0) is 0 Å². The van der Waals surface area contributed by atoms with E-state index in [0.29, 0.717) is 0 Å². The number of aliphatic hydroxyl groups is 4. The van der Waals surface area contributed by atoms with E-state index >= 15 is 0 Å². The molecule has 1 rings (SSSR count). The van der Waals surface area contributed by atoms with Gasteiger partial charge in [0.15, 0.2) is 6.29 Å². The van der Waals surface area contributed by atoms with E-state index in [1.54, 1.807) is 0 Å². The van der Waals surface area contributed by atoms with Crippen molar-refractivity contribution < 1.29 is 45.0 Å². The highest BCUT2D eigenvalue weighted by molar-refractivity contribution is 6.42. The highest BCUT2D eigenvalue weighted by atomic mass is 17.1. The normalized spacial score (nSPS) is 36.7. The van der Waals surface area contributed by atoms with Crippen molar-refractivity contribution >= 4 is 7.12 Å². The van der Waals surface area contributed by atoms with Crippen molar-refractivity contribution in [3.63, 3.8) is 0 Å². The highest BCUT2D eigenvalue weighted by Crippen LogP contribution is 2.20. The van der Waals surface area contributed by atoms with Crippen molar-refractivity contribution in [1.29, 1.82) is 0 Å². The van der Waals surface area contributed by atoms with Crippen LogP contribution in [0.1, 0.15) is 0 Å². The van der Waals surface area contributed by atoms with Gasteiger partial charge in [-0.1, -0.05) is 0 Å². The zero-order chi connectivity index (χ0) is 13.7. The van der Waals surface area contributed by atoms with E-state index in [-0.39, 0.29) is 19.5 Å². The summed E-state index contributed by atoms with van der Waals surface area (Å²) >= 11 is 0. The van der Waals surface area contributed by atoms with E-state index in [9.17, 15) is 20.4 Å². The van der Waals surface area contributed by atoms with E-state index in [0.717, 1.165) is 0 Å². The second-order valence-corrected chi connectivity index (χ2v) is 3.96. The van der Waals surface area contributed by atoms with E-state index < -0.39 is 37.8 Å². The fourth-order valence-electron chi connectivity index (χ4n) is 1.50. The lowest BCUT2D eigenvalue weighted by Crippen LogP contribution is -2.58. The molecule has 1 aliphatic rings. The van der Waals surface area contributed by atoms with Gasteiger partial charge in [0.25, 0.3) is 0 Å². The third kappa shape index (κ3) is 4.12. The van der Waals surface area contributed by atoms with Gasteiger partial charge in [0, 0.05) is 12.9 Å². The van der Waals surface area contributed by atoms with Gasteiger partial charge in [-0.3, -0.25) is 10.1 Å². The van der Waals surface area contributed by atoms with Crippen molar-refractivity contribution in [2.45, 2.75) is 37.0 Å². The molecule has 0 bridgehead atoms. The van der Waals surface area contributed by atoms with Crippen molar-refractivity contribution in [1.82, 2.24) is 0 Å². The van der Waals surface area contributed by atoms with E-state index in [1.807, 2.05) is 0 Å². The predicted octanol–water partition coefficient (Wildman–Crippen LogP) is -3.23. The van der Waals surface area contributed by atoms with Crippen LogP contribution in [0.25, 0.3) is 0 Å². The van der Waals surface area contributed by atoms with Gasteiger partial charge in [-0.25, -0.2) is 0 Å². The predicted molar refractivity (Wildman–Crippen MR) is 56.2 cm³/mol. The van der Waals surface area contributed by atoms with Crippen LogP contribution in [0.5, 0.6) is 0 Å². The van der Waals surface area contributed by atoms with Crippen LogP contribution < -0.4 is 0 Å². The summed E-state index contributed by atoms with van der Waals surface area (Å²) in [6.07, 6.45) is -7.14. The second-order valence-electron chi connectivity index (χ2n) is 3.96. The fraction of sp³-hybridized carbons (Fsp3) is 1.00. The molecule has 1 aliphatic heterocycles. The minimum atomic E-state index is -1.61. The first kappa shape index (κ1) is 15.8. The fourth-order valence-corrected chi connectivity index (χ4v) is 1.50. The second kappa shape index (κ2) is 7.33. The van der Waals surface area contributed by atoms with E-state index in [4.69, 9.17) is 19.8 Å². The SMILES string of the molecule is OOB(O)CCOC[C@@H]1OC(O)[C@@H](O)C(O)[C@@H]1O. The average Bonchev–Trinajstić information content (AvgIpc) is 2.37. The first-order valence-corrected chi connectivity index (χ1v) is 5.41. The molecule has 2 unspecified atom stereocenters. The Bertz CT molecular complexity index is 243. The van der Waals surface area contributed by atoms with Gasteiger partial charge in [0.2, 0.25) is 0 Å². The van der Waals surface area contributed by atoms with E-state index in [2.05, 4.69) is 4.81 Å². The summed E-state index contributed by atoms with van der Waals surface area (Å²) in [6, 6.07) is 0. The Morgan fingerprint density at radius 2 is 1.72 bits per heavy atom. The Balaban J connectivity index is 2.29. The molecular formula is C8H17BO9. The molecule has 0 aliphatic carbocycles. The maximum atomic E-state index is 9.54. The Morgan fingerprint density at radius 1 is 1.06 bits per heavy atom. The molecule has 0 aromatic carbocycles. The third-order valence-corrected chi connectivity index (χ3v) is 2.60. The monoisotopic (exact) mass is 268 g/mol. The standard InChI is InChI=1S/C8H17BO9/c10-5-4(3-16-2-1-9(14)18-15)17-8(13)7(12)6(5)11/h4-8,10-15H,1-3H2/t4-,5+,6?,7-,8?/m0/s1. The summed E-state index contributed by atoms with van der Waals surface area (Å²) < 4.78 is 9.85. The Kier molecular flexibility index (Phi) is 6.42. The topological polar surface area (TPSA) is 149 Å². The summed E-state index contributed by atoms with van der Waals surface area (Å²) in [5.41, 5.74) is 0. The molecule has 0 amide bonds. The average molecular weight is 268 g/mol. The van der Waals surface area contributed by atoms with Crippen molar-refractivity contribution in [2.24, 2.45) is 0 Å². The first-order valence-electron chi connectivity index (χ1n) is 5.41. The molecule has 0 radical (unpaired) electrons. The van der Waals surface area contributed by atoms with Crippen LogP contribution in [0.2, 0.25) is 6.32 Å². The lowest BCUT2D eigenvalue weighted by Gasteiger charge is -2.38. The minimum absolute atomic E-state index is 0.00303. The van der Waals surface area contributed by atoms with E-state index in [1.165, 1.54) is 0 Å². The third-order valence-electron chi connectivity index (χ3n) is 2.60. The molecule has 5 atom stereocenters. The van der Waals surface area contributed by atoms with Crippen molar-refractivity contribution in [3.8, 4) is 0 Å². The molecular weight excluding hydrogens is 251 g/mol. The smallest absolute Gasteiger partial charge is 0.425 e. The molecule has 0 aromatic rings. The number of rotatable bonds is 6. The lowest BCUT2D eigenvalue weighted by atomic mass is 9.87. The van der Waals surface area contributed by atoms with Crippen LogP contribution in [-0.2, 0) is 14.3 Å². The van der Waals surface area contributed by atoms with Gasteiger partial charge in [0.05, 0.1) is 6.61 Å². The van der Waals surface area contributed by atoms with Gasteiger partial charge in [-0.15, -0.1) is 0 Å². The molecule has 1 heterocycles. The molecule has 0 aromatic heterocycles. The molecule has 1 saturated heterocycles. The highest BCUT2D eigenvalue weighted by Gasteiger charge is 2.42. The summed E-state index contributed by atoms with van der Waals surface area (Å²) in [6.45, 7) is -0.163. The van der Waals surface area contributed by atoms with Crippen LogP contribution in [-0.4, -0.2) is 81.7 Å². The number of aliphatic hydroxyl groups excluding tert-OH is 4. The van der Waals surface area contributed by atoms with Gasteiger partial charge < -0.3 is 34.9 Å². The Morgan fingerprint density at radius 3 is 2.33 bits per heavy atom. The first-order chi connectivity index (χ1) is 8.47.